The number of carbonyl (C=O) groups excluding carboxylic acids is 1. The highest BCUT2D eigenvalue weighted by Gasteiger charge is 2.30. The van der Waals surface area contributed by atoms with Gasteiger partial charge >= 0.3 is 0 Å². The van der Waals surface area contributed by atoms with Crippen LogP contribution in [0.3, 0.4) is 0 Å². The molecule has 0 bridgehead atoms. The van der Waals surface area contributed by atoms with Crippen LogP contribution in [0.5, 0.6) is 0 Å². The highest BCUT2D eigenvalue weighted by atomic mass is 16.5. The minimum atomic E-state index is 0.173. The summed E-state index contributed by atoms with van der Waals surface area (Å²) >= 11 is 0. The number of hydrogen-bond donors (Lipinski definition) is 0. The maximum Gasteiger partial charge on any atom is 0.241 e. The number of carbonyl (C=O) groups is 1. The zero-order valence-electron chi connectivity index (χ0n) is 16.9. The molecule has 0 saturated carbocycles. The standard InChI is InChI=1S/C22H30N4O2/c1-16-5-3-7-19(13-16)21-23-20(28-24-21)15-25-11-8-18(9-12-25)22(27)26-10-4-6-17(2)14-26/h3,5,7,13,17-18H,4,6,8-12,14-15H2,1-2H3. The number of likely N-dealkylation sites (tertiary alicyclic amines) is 2. The lowest BCUT2D eigenvalue weighted by Crippen LogP contribution is -2.45. The van der Waals surface area contributed by atoms with E-state index in [1.165, 1.54) is 12.0 Å². The van der Waals surface area contributed by atoms with Crippen molar-refractivity contribution in [2.45, 2.75) is 46.1 Å². The van der Waals surface area contributed by atoms with Crippen molar-refractivity contribution in [3.8, 4) is 11.4 Å². The average molecular weight is 383 g/mol. The summed E-state index contributed by atoms with van der Waals surface area (Å²) in [4.78, 5) is 21.8. The van der Waals surface area contributed by atoms with Gasteiger partial charge < -0.3 is 9.42 Å². The Kier molecular flexibility index (Phi) is 5.76. The fourth-order valence-corrected chi connectivity index (χ4v) is 4.40. The average Bonchev–Trinajstić information content (AvgIpc) is 3.17. The highest BCUT2D eigenvalue weighted by Crippen LogP contribution is 2.25. The molecule has 0 N–H and O–H groups in total. The molecule has 1 aromatic heterocycles. The topological polar surface area (TPSA) is 62.5 Å². The van der Waals surface area contributed by atoms with Gasteiger partial charge in [0.05, 0.1) is 6.54 Å². The van der Waals surface area contributed by atoms with Gasteiger partial charge in [0.2, 0.25) is 17.6 Å². The van der Waals surface area contributed by atoms with Gasteiger partial charge in [-0.25, -0.2) is 0 Å². The van der Waals surface area contributed by atoms with Gasteiger partial charge in [-0.15, -0.1) is 0 Å². The van der Waals surface area contributed by atoms with E-state index >= 15 is 0 Å². The lowest BCUT2D eigenvalue weighted by atomic mass is 9.93. The third-order valence-corrected chi connectivity index (χ3v) is 6.01. The molecule has 28 heavy (non-hydrogen) atoms. The molecule has 0 aliphatic carbocycles. The molecular weight excluding hydrogens is 352 g/mol. The summed E-state index contributed by atoms with van der Waals surface area (Å²) in [6.45, 7) is 8.64. The van der Waals surface area contributed by atoms with Crippen LogP contribution in [0.4, 0.5) is 0 Å². The molecule has 3 heterocycles. The minimum absolute atomic E-state index is 0.173. The van der Waals surface area contributed by atoms with Crippen LogP contribution in [0.2, 0.25) is 0 Å². The number of aryl methyl sites for hydroxylation is 1. The van der Waals surface area contributed by atoms with Gasteiger partial charge in [-0.2, -0.15) is 4.98 Å². The molecule has 150 valence electrons. The van der Waals surface area contributed by atoms with E-state index in [9.17, 15) is 4.79 Å². The second-order valence-electron chi connectivity index (χ2n) is 8.46. The molecule has 2 aromatic rings. The zero-order valence-corrected chi connectivity index (χ0v) is 16.9. The first kappa shape index (κ1) is 19.1. The van der Waals surface area contributed by atoms with Crippen molar-refractivity contribution in [2.75, 3.05) is 26.2 Å². The summed E-state index contributed by atoms with van der Waals surface area (Å²) in [6, 6.07) is 8.12. The van der Waals surface area contributed by atoms with Crippen molar-refractivity contribution in [3.63, 3.8) is 0 Å². The second kappa shape index (κ2) is 8.43. The van der Waals surface area contributed by atoms with Gasteiger partial charge in [0, 0.05) is 24.6 Å². The van der Waals surface area contributed by atoms with E-state index in [1.807, 2.05) is 12.1 Å². The van der Waals surface area contributed by atoms with Crippen molar-refractivity contribution < 1.29 is 9.32 Å². The van der Waals surface area contributed by atoms with Gasteiger partial charge in [0.1, 0.15) is 0 Å². The van der Waals surface area contributed by atoms with Crippen LogP contribution < -0.4 is 0 Å². The van der Waals surface area contributed by atoms with E-state index in [0.29, 0.717) is 30.1 Å². The Hall–Kier alpha value is -2.21. The lowest BCUT2D eigenvalue weighted by molar-refractivity contribution is -0.138. The highest BCUT2D eigenvalue weighted by molar-refractivity contribution is 5.79. The Balaban J connectivity index is 1.29. The summed E-state index contributed by atoms with van der Waals surface area (Å²) in [5.74, 6) is 2.46. The van der Waals surface area contributed by atoms with Gasteiger partial charge in [-0.3, -0.25) is 9.69 Å². The maximum atomic E-state index is 12.8. The molecule has 0 radical (unpaired) electrons. The molecular formula is C22H30N4O2. The molecule has 2 aliphatic rings. The van der Waals surface area contributed by atoms with E-state index in [2.05, 4.69) is 45.9 Å². The molecule has 1 atom stereocenters. The molecule has 1 aromatic carbocycles. The monoisotopic (exact) mass is 382 g/mol. The van der Waals surface area contributed by atoms with Gasteiger partial charge in [-0.05, 0) is 57.7 Å². The third-order valence-electron chi connectivity index (χ3n) is 6.01. The van der Waals surface area contributed by atoms with Crippen molar-refractivity contribution in [3.05, 3.63) is 35.7 Å². The SMILES string of the molecule is Cc1cccc(-c2noc(CN3CCC(C(=O)N4CCCC(C)C4)CC3)n2)c1. The van der Waals surface area contributed by atoms with E-state index in [1.54, 1.807) is 0 Å². The van der Waals surface area contributed by atoms with Crippen molar-refractivity contribution >= 4 is 5.91 Å². The van der Waals surface area contributed by atoms with Gasteiger partial charge in [0.15, 0.2) is 0 Å². The molecule has 1 unspecified atom stereocenters. The summed E-state index contributed by atoms with van der Waals surface area (Å²) in [6.07, 6.45) is 4.23. The Labute approximate surface area is 166 Å². The fraction of sp³-hybridized carbons (Fsp3) is 0.591. The first-order valence-electron chi connectivity index (χ1n) is 10.5. The molecule has 4 rings (SSSR count). The van der Waals surface area contributed by atoms with Crippen molar-refractivity contribution in [1.82, 2.24) is 19.9 Å². The smallest absolute Gasteiger partial charge is 0.241 e. The van der Waals surface area contributed by atoms with Crippen LogP contribution >= 0.6 is 0 Å². The predicted octanol–water partition coefficient (Wildman–Crippen LogP) is 3.52. The van der Waals surface area contributed by atoms with Gasteiger partial charge in [0.25, 0.3) is 0 Å². The normalized spacial score (nSPS) is 21.8. The van der Waals surface area contributed by atoms with Crippen LogP contribution in [-0.2, 0) is 11.3 Å². The Bertz CT molecular complexity index is 810. The van der Waals surface area contributed by atoms with Crippen LogP contribution in [0.25, 0.3) is 11.4 Å². The molecule has 6 heteroatoms. The largest absolute Gasteiger partial charge is 0.342 e. The number of nitrogens with zero attached hydrogens (tertiary/aromatic N) is 4. The number of hydrogen-bond acceptors (Lipinski definition) is 5. The molecule has 1 amide bonds. The Morgan fingerprint density at radius 1 is 1.21 bits per heavy atom. The summed E-state index contributed by atoms with van der Waals surface area (Å²) in [7, 11) is 0. The molecule has 6 nitrogen and oxygen atoms in total. The molecule has 2 fully saturated rings. The van der Waals surface area contributed by atoms with Crippen LogP contribution in [0.15, 0.2) is 28.8 Å². The van der Waals surface area contributed by atoms with E-state index in [0.717, 1.165) is 51.0 Å². The van der Waals surface area contributed by atoms with Crippen molar-refractivity contribution in [2.24, 2.45) is 11.8 Å². The molecule has 0 spiro atoms. The number of amides is 1. The molecule has 2 aliphatic heterocycles. The Morgan fingerprint density at radius 3 is 2.79 bits per heavy atom. The molecule has 2 saturated heterocycles. The minimum Gasteiger partial charge on any atom is -0.342 e. The summed E-state index contributed by atoms with van der Waals surface area (Å²) in [5.41, 5.74) is 2.16. The quantitative estimate of drug-likeness (QED) is 0.810. The number of aromatic nitrogens is 2. The van der Waals surface area contributed by atoms with E-state index < -0.39 is 0 Å². The number of rotatable bonds is 4. The Morgan fingerprint density at radius 2 is 2.04 bits per heavy atom. The maximum absolute atomic E-state index is 12.8. The number of benzene rings is 1. The summed E-state index contributed by atoms with van der Waals surface area (Å²) < 4.78 is 5.46. The predicted molar refractivity (Wildman–Crippen MR) is 107 cm³/mol. The summed E-state index contributed by atoms with van der Waals surface area (Å²) in [5, 5.41) is 4.13. The zero-order chi connectivity index (χ0) is 19.5. The van der Waals surface area contributed by atoms with Crippen LogP contribution in [-0.4, -0.2) is 52.0 Å². The second-order valence-corrected chi connectivity index (χ2v) is 8.46. The first-order valence-corrected chi connectivity index (χ1v) is 10.5. The van der Waals surface area contributed by atoms with E-state index in [-0.39, 0.29) is 5.92 Å². The lowest BCUT2D eigenvalue weighted by Gasteiger charge is -2.36. The van der Waals surface area contributed by atoms with Gasteiger partial charge in [-0.1, -0.05) is 35.8 Å². The van der Waals surface area contributed by atoms with Crippen LogP contribution in [0.1, 0.15) is 44.1 Å². The van der Waals surface area contributed by atoms with Crippen LogP contribution in [0, 0.1) is 18.8 Å². The van der Waals surface area contributed by atoms with E-state index in [4.69, 9.17) is 4.52 Å². The fourth-order valence-electron chi connectivity index (χ4n) is 4.40. The first-order chi connectivity index (χ1) is 13.6. The van der Waals surface area contributed by atoms with Crippen molar-refractivity contribution in [1.29, 1.82) is 0 Å². The third kappa shape index (κ3) is 4.43. The number of piperidine rings is 2.